The van der Waals surface area contributed by atoms with Crippen molar-refractivity contribution in [3.05, 3.63) is 28.6 Å². The number of aromatic nitrogens is 1. The van der Waals surface area contributed by atoms with E-state index < -0.39 is 0 Å². The Morgan fingerprint density at radius 2 is 2.10 bits per heavy atom. The summed E-state index contributed by atoms with van der Waals surface area (Å²) in [5, 5.41) is 0. The summed E-state index contributed by atoms with van der Waals surface area (Å²) in [5.74, 6) is 0. The van der Waals surface area contributed by atoms with Gasteiger partial charge in [-0.05, 0) is 43.4 Å². The van der Waals surface area contributed by atoms with Gasteiger partial charge in [-0.2, -0.15) is 0 Å². The molecule has 0 fully saturated rings. The molecule has 0 saturated carbocycles. The Bertz CT molecular complexity index is 261. The van der Waals surface area contributed by atoms with Crippen LogP contribution >= 0.6 is 0 Å². The number of aryl methyl sites for hydroxylation is 2. The van der Waals surface area contributed by atoms with Gasteiger partial charge in [-0.3, -0.25) is 4.98 Å². The number of nitrogens with zero attached hydrogens (tertiary/aromatic N) is 1. The smallest absolute Gasteiger partial charge is 0.0441 e. The molecule has 0 unspecified atom stereocenters. The molecule has 1 heterocycles. The van der Waals surface area contributed by atoms with E-state index in [1.54, 1.807) is 0 Å². The molecule has 0 atom stereocenters. The van der Waals surface area contributed by atoms with Crippen LogP contribution in [-0.2, 0) is 12.8 Å². The first-order chi connectivity index (χ1) is 4.79. The Hall–Kier alpha value is -0.850. The molecule has 0 spiro atoms. The van der Waals surface area contributed by atoms with Gasteiger partial charge in [0.05, 0.1) is 0 Å². The quantitative estimate of drug-likeness (QED) is 0.526. The van der Waals surface area contributed by atoms with E-state index >= 15 is 0 Å². The third-order valence-corrected chi connectivity index (χ3v) is 2.42. The molecular formula is C9H11N. The molecule has 0 saturated heterocycles. The third kappa shape index (κ3) is 0.605. The van der Waals surface area contributed by atoms with Crippen LogP contribution in [0.3, 0.4) is 0 Å². The maximum absolute atomic E-state index is 4.33. The first kappa shape index (κ1) is 5.90. The minimum Gasteiger partial charge on any atom is -0.261 e. The summed E-state index contributed by atoms with van der Waals surface area (Å²) in [4.78, 5) is 4.33. The first-order valence-electron chi connectivity index (χ1n) is 3.73. The molecule has 1 aromatic rings. The van der Waals surface area contributed by atoms with Gasteiger partial charge < -0.3 is 0 Å². The van der Waals surface area contributed by atoms with E-state index in [-0.39, 0.29) is 0 Å². The van der Waals surface area contributed by atoms with Gasteiger partial charge in [0.2, 0.25) is 0 Å². The first-order valence-corrected chi connectivity index (χ1v) is 3.73. The standard InChI is InChI=1S/C9H11N/c1-6-5-10-9-4-3-8(9)7(6)2/h5H,3-4H2,1-2H3. The normalized spacial score (nSPS) is 14.2. The summed E-state index contributed by atoms with van der Waals surface area (Å²) in [6.07, 6.45) is 4.42. The molecular weight excluding hydrogens is 122 g/mol. The molecule has 1 aromatic heterocycles. The highest BCUT2D eigenvalue weighted by molar-refractivity contribution is 5.40. The van der Waals surface area contributed by atoms with Gasteiger partial charge in [0.1, 0.15) is 0 Å². The van der Waals surface area contributed by atoms with Crippen LogP contribution in [-0.4, -0.2) is 4.98 Å². The molecule has 2 rings (SSSR count). The Kier molecular flexibility index (Phi) is 1.07. The Morgan fingerprint density at radius 3 is 2.60 bits per heavy atom. The molecule has 0 aromatic carbocycles. The van der Waals surface area contributed by atoms with Crippen molar-refractivity contribution >= 4 is 0 Å². The molecule has 0 aliphatic heterocycles. The number of pyridine rings is 1. The maximum atomic E-state index is 4.33. The lowest BCUT2D eigenvalue weighted by Gasteiger charge is -2.20. The largest absolute Gasteiger partial charge is 0.261 e. The predicted octanol–water partition coefficient (Wildman–Crippen LogP) is 1.80. The minimum absolute atomic E-state index is 1.19. The molecule has 10 heavy (non-hydrogen) atoms. The Labute approximate surface area is 61.1 Å². The summed E-state index contributed by atoms with van der Waals surface area (Å²) in [5.41, 5.74) is 5.61. The monoisotopic (exact) mass is 133 g/mol. The average molecular weight is 133 g/mol. The summed E-state index contributed by atoms with van der Waals surface area (Å²) in [7, 11) is 0. The molecule has 52 valence electrons. The van der Waals surface area contributed by atoms with Crippen LogP contribution in [0, 0.1) is 13.8 Å². The van der Waals surface area contributed by atoms with Crippen molar-refractivity contribution < 1.29 is 0 Å². The fourth-order valence-corrected chi connectivity index (χ4v) is 1.42. The van der Waals surface area contributed by atoms with Crippen LogP contribution in [0.2, 0.25) is 0 Å². The van der Waals surface area contributed by atoms with Gasteiger partial charge in [0.25, 0.3) is 0 Å². The molecule has 0 N–H and O–H groups in total. The lowest BCUT2D eigenvalue weighted by Crippen LogP contribution is -2.13. The van der Waals surface area contributed by atoms with Crippen molar-refractivity contribution in [3.63, 3.8) is 0 Å². The Morgan fingerprint density at radius 1 is 1.30 bits per heavy atom. The lowest BCUT2D eigenvalue weighted by atomic mass is 9.88. The van der Waals surface area contributed by atoms with Crippen molar-refractivity contribution in [3.8, 4) is 0 Å². The van der Waals surface area contributed by atoms with Crippen molar-refractivity contribution in [1.29, 1.82) is 0 Å². The summed E-state index contributed by atoms with van der Waals surface area (Å²) >= 11 is 0. The van der Waals surface area contributed by atoms with E-state index in [0.717, 1.165) is 0 Å². The molecule has 1 nitrogen and oxygen atoms in total. The predicted molar refractivity (Wildman–Crippen MR) is 41.1 cm³/mol. The van der Waals surface area contributed by atoms with Crippen molar-refractivity contribution in [2.45, 2.75) is 26.7 Å². The van der Waals surface area contributed by atoms with E-state index in [1.807, 2.05) is 6.20 Å². The van der Waals surface area contributed by atoms with E-state index in [0.29, 0.717) is 0 Å². The number of hydrogen-bond donors (Lipinski definition) is 0. The van der Waals surface area contributed by atoms with Crippen LogP contribution in [0.5, 0.6) is 0 Å². The fraction of sp³-hybridized carbons (Fsp3) is 0.444. The van der Waals surface area contributed by atoms with E-state index in [2.05, 4.69) is 18.8 Å². The van der Waals surface area contributed by atoms with Gasteiger partial charge in [0.15, 0.2) is 0 Å². The molecule has 0 amide bonds. The molecule has 0 radical (unpaired) electrons. The number of rotatable bonds is 0. The van der Waals surface area contributed by atoms with Crippen molar-refractivity contribution in [2.75, 3.05) is 0 Å². The average Bonchev–Trinajstić information content (AvgIpc) is 1.82. The van der Waals surface area contributed by atoms with Gasteiger partial charge in [-0.15, -0.1) is 0 Å². The number of fused-ring (bicyclic) bond motifs is 1. The van der Waals surface area contributed by atoms with Gasteiger partial charge >= 0.3 is 0 Å². The van der Waals surface area contributed by atoms with Crippen molar-refractivity contribution in [1.82, 2.24) is 4.98 Å². The fourth-order valence-electron chi connectivity index (χ4n) is 1.42. The zero-order chi connectivity index (χ0) is 7.14. The SMILES string of the molecule is Cc1cnc2c(c1C)CC2. The van der Waals surface area contributed by atoms with Crippen LogP contribution < -0.4 is 0 Å². The highest BCUT2D eigenvalue weighted by Gasteiger charge is 2.16. The van der Waals surface area contributed by atoms with Gasteiger partial charge in [-0.1, -0.05) is 0 Å². The minimum atomic E-state index is 1.19. The van der Waals surface area contributed by atoms with E-state index in [4.69, 9.17) is 0 Å². The molecule has 1 aliphatic rings. The van der Waals surface area contributed by atoms with Crippen LogP contribution in [0.15, 0.2) is 6.20 Å². The summed E-state index contributed by atoms with van der Waals surface area (Å²) in [6, 6.07) is 0. The van der Waals surface area contributed by atoms with Gasteiger partial charge in [-0.25, -0.2) is 0 Å². The zero-order valence-electron chi connectivity index (χ0n) is 6.44. The van der Waals surface area contributed by atoms with Crippen LogP contribution in [0.25, 0.3) is 0 Å². The third-order valence-electron chi connectivity index (χ3n) is 2.42. The maximum Gasteiger partial charge on any atom is 0.0441 e. The molecule has 0 bridgehead atoms. The molecule has 1 aliphatic carbocycles. The summed E-state index contributed by atoms with van der Waals surface area (Å²) in [6.45, 7) is 4.32. The molecule has 1 heteroatoms. The number of hydrogen-bond acceptors (Lipinski definition) is 1. The second kappa shape index (κ2) is 1.82. The highest BCUT2D eigenvalue weighted by atomic mass is 14.7. The zero-order valence-corrected chi connectivity index (χ0v) is 6.44. The highest BCUT2D eigenvalue weighted by Crippen LogP contribution is 2.25. The van der Waals surface area contributed by atoms with Crippen LogP contribution in [0.1, 0.15) is 22.4 Å². The van der Waals surface area contributed by atoms with E-state index in [1.165, 1.54) is 35.2 Å². The van der Waals surface area contributed by atoms with Crippen molar-refractivity contribution in [2.24, 2.45) is 0 Å². The summed E-state index contributed by atoms with van der Waals surface area (Å²) < 4.78 is 0. The second-order valence-corrected chi connectivity index (χ2v) is 2.99. The van der Waals surface area contributed by atoms with Crippen LogP contribution in [0.4, 0.5) is 0 Å². The second-order valence-electron chi connectivity index (χ2n) is 2.99. The van der Waals surface area contributed by atoms with Gasteiger partial charge in [0, 0.05) is 11.9 Å². The topological polar surface area (TPSA) is 12.9 Å². The lowest BCUT2D eigenvalue weighted by molar-refractivity contribution is 0.773. The Balaban J connectivity index is 2.66. The van der Waals surface area contributed by atoms with E-state index in [9.17, 15) is 0 Å².